The first kappa shape index (κ1) is 11.1. The van der Waals surface area contributed by atoms with Crippen LogP contribution in [0.15, 0.2) is 54.9 Å². The predicted molar refractivity (Wildman–Crippen MR) is 70.4 cm³/mol. The van der Waals surface area contributed by atoms with E-state index in [-0.39, 0.29) is 0 Å². The van der Waals surface area contributed by atoms with Crippen molar-refractivity contribution >= 4 is 17.3 Å². The van der Waals surface area contributed by atoms with Gasteiger partial charge >= 0.3 is 0 Å². The Morgan fingerprint density at radius 3 is 2.41 bits per heavy atom. The second kappa shape index (κ2) is 5.12. The molecule has 0 unspecified atom stereocenters. The summed E-state index contributed by atoms with van der Waals surface area (Å²) in [7, 11) is 1.84. The molecule has 2 aromatic rings. The van der Waals surface area contributed by atoms with Crippen LogP contribution in [-0.2, 0) is 0 Å². The molecule has 0 aliphatic heterocycles. The van der Waals surface area contributed by atoms with Crippen LogP contribution in [0.5, 0.6) is 0 Å². The van der Waals surface area contributed by atoms with E-state index in [1.54, 1.807) is 17.3 Å². The van der Waals surface area contributed by atoms with Crippen LogP contribution in [0.2, 0.25) is 0 Å². The lowest BCUT2D eigenvalue weighted by atomic mass is 10.3. The van der Waals surface area contributed by atoms with Gasteiger partial charge in [-0.15, -0.1) is 0 Å². The molecule has 0 spiro atoms. The zero-order chi connectivity index (χ0) is 12.1. The van der Waals surface area contributed by atoms with Crippen LogP contribution in [0.3, 0.4) is 0 Å². The van der Waals surface area contributed by atoms with Crippen molar-refractivity contribution in [3.8, 4) is 0 Å². The van der Waals surface area contributed by atoms with Crippen LogP contribution in [0.25, 0.3) is 0 Å². The fourth-order valence-electron chi connectivity index (χ4n) is 1.44. The summed E-state index contributed by atoms with van der Waals surface area (Å²) < 4.78 is 0. The van der Waals surface area contributed by atoms with Crippen molar-refractivity contribution in [2.75, 3.05) is 17.3 Å². The van der Waals surface area contributed by atoms with E-state index in [1.165, 1.54) is 0 Å². The molecule has 4 nitrogen and oxygen atoms in total. The van der Waals surface area contributed by atoms with Gasteiger partial charge in [0.15, 0.2) is 5.96 Å². The third-order valence-corrected chi connectivity index (χ3v) is 2.42. The van der Waals surface area contributed by atoms with E-state index < -0.39 is 0 Å². The Morgan fingerprint density at radius 1 is 1.12 bits per heavy atom. The van der Waals surface area contributed by atoms with Gasteiger partial charge in [0.2, 0.25) is 0 Å². The molecular formula is C13H14N4. The van der Waals surface area contributed by atoms with Crippen molar-refractivity contribution in [1.82, 2.24) is 4.98 Å². The standard InChI is InChI=1S/C13H14N4/c1-17(12-7-9-15-10-8-12)13(14)16-11-5-3-2-4-6-11/h2-10H,1H3,(H2,14,16). The van der Waals surface area contributed by atoms with E-state index in [4.69, 9.17) is 5.41 Å². The summed E-state index contributed by atoms with van der Waals surface area (Å²) in [4.78, 5) is 5.71. The van der Waals surface area contributed by atoms with Crippen LogP contribution in [0.4, 0.5) is 11.4 Å². The van der Waals surface area contributed by atoms with Crippen molar-refractivity contribution in [2.45, 2.75) is 0 Å². The molecule has 2 rings (SSSR count). The highest BCUT2D eigenvalue weighted by atomic mass is 15.3. The SMILES string of the molecule is CN(C(=N)Nc1ccccc1)c1ccncc1. The van der Waals surface area contributed by atoms with Crippen molar-refractivity contribution in [3.05, 3.63) is 54.9 Å². The number of nitrogens with one attached hydrogen (secondary N) is 2. The first-order valence-electron chi connectivity index (χ1n) is 5.32. The summed E-state index contributed by atoms with van der Waals surface area (Å²) in [5.74, 6) is 0.322. The van der Waals surface area contributed by atoms with Crippen molar-refractivity contribution in [1.29, 1.82) is 5.41 Å². The zero-order valence-corrected chi connectivity index (χ0v) is 9.59. The summed E-state index contributed by atoms with van der Waals surface area (Å²) in [5.41, 5.74) is 1.83. The summed E-state index contributed by atoms with van der Waals surface area (Å²) in [6.07, 6.45) is 3.42. The van der Waals surface area contributed by atoms with Crippen LogP contribution in [0, 0.1) is 5.41 Å². The number of guanidine groups is 1. The maximum Gasteiger partial charge on any atom is 0.199 e. The molecule has 0 amide bonds. The number of anilines is 2. The van der Waals surface area contributed by atoms with Gasteiger partial charge in [0.25, 0.3) is 0 Å². The van der Waals surface area contributed by atoms with Gasteiger partial charge in [-0.2, -0.15) is 0 Å². The Bertz CT molecular complexity index is 481. The second-order valence-electron chi connectivity index (χ2n) is 3.60. The molecular weight excluding hydrogens is 212 g/mol. The highest BCUT2D eigenvalue weighted by Gasteiger charge is 2.06. The molecule has 1 aromatic heterocycles. The smallest absolute Gasteiger partial charge is 0.199 e. The minimum Gasteiger partial charge on any atom is -0.326 e. The van der Waals surface area contributed by atoms with Crippen molar-refractivity contribution < 1.29 is 0 Å². The number of rotatable bonds is 2. The molecule has 0 saturated carbocycles. The van der Waals surface area contributed by atoms with Gasteiger partial charge < -0.3 is 10.2 Å². The van der Waals surface area contributed by atoms with E-state index in [9.17, 15) is 0 Å². The lowest BCUT2D eigenvalue weighted by molar-refractivity contribution is 1.19. The average molecular weight is 226 g/mol. The van der Waals surface area contributed by atoms with Crippen molar-refractivity contribution in [3.63, 3.8) is 0 Å². The Balaban J connectivity index is 2.06. The second-order valence-corrected chi connectivity index (χ2v) is 3.60. The Hall–Kier alpha value is -2.36. The van der Waals surface area contributed by atoms with Crippen LogP contribution < -0.4 is 10.2 Å². The lowest BCUT2D eigenvalue weighted by Gasteiger charge is -2.20. The van der Waals surface area contributed by atoms with Gasteiger partial charge in [-0.05, 0) is 24.3 Å². The number of aromatic nitrogens is 1. The molecule has 0 aliphatic rings. The molecule has 2 N–H and O–H groups in total. The molecule has 17 heavy (non-hydrogen) atoms. The molecule has 86 valence electrons. The summed E-state index contributed by atoms with van der Waals surface area (Å²) in [6.45, 7) is 0. The minimum atomic E-state index is 0.322. The summed E-state index contributed by atoms with van der Waals surface area (Å²) in [6, 6.07) is 13.4. The maximum absolute atomic E-state index is 7.96. The van der Waals surface area contributed by atoms with Crippen LogP contribution in [0.1, 0.15) is 0 Å². The fourth-order valence-corrected chi connectivity index (χ4v) is 1.44. The quantitative estimate of drug-likeness (QED) is 0.611. The van der Waals surface area contributed by atoms with Crippen LogP contribution >= 0.6 is 0 Å². The topological polar surface area (TPSA) is 52.0 Å². The molecule has 1 heterocycles. The highest BCUT2D eigenvalue weighted by molar-refractivity contribution is 6.02. The van der Waals surface area contributed by atoms with E-state index in [0.717, 1.165) is 11.4 Å². The number of hydrogen-bond donors (Lipinski definition) is 2. The number of benzene rings is 1. The number of para-hydroxylation sites is 1. The molecule has 0 fully saturated rings. The minimum absolute atomic E-state index is 0.322. The highest BCUT2D eigenvalue weighted by Crippen LogP contribution is 2.12. The summed E-state index contributed by atoms with van der Waals surface area (Å²) in [5, 5.41) is 11.0. The van der Waals surface area contributed by atoms with Crippen LogP contribution in [-0.4, -0.2) is 18.0 Å². The van der Waals surface area contributed by atoms with E-state index in [0.29, 0.717) is 5.96 Å². The Labute approximate surface area is 100 Å². The molecule has 1 aromatic carbocycles. The molecule has 0 saturated heterocycles. The molecule has 0 atom stereocenters. The van der Waals surface area contributed by atoms with Gasteiger partial charge in [0, 0.05) is 30.8 Å². The zero-order valence-electron chi connectivity index (χ0n) is 9.59. The monoisotopic (exact) mass is 226 g/mol. The normalized spacial score (nSPS) is 9.71. The van der Waals surface area contributed by atoms with Gasteiger partial charge in [0.05, 0.1) is 0 Å². The van der Waals surface area contributed by atoms with E-state index >= 15 is 0 Å². The molecule has 0 bridgehead atoms. The average Bonchev–Trinajstić information content (AvgIpc) is 2.40. The van der Waals surface area contributed by atoms with E-state index in [1.807, 2.05) is 49.5 Å². The summed E-state index contributed by atoms with van der Waals surface area (Å²) >= 11 is 0. The number of nitrogens with zero attached hydrogens (tertiary/aromatic N) is 2. The molecule has 4 heteroatoms. The third kappa shape index (κ3) is 2.81. The molecule has 0 radical (unpaired) electrons. The fraction of sp³-hybridized carbons (Fsp3) is 0.0769. The maximum atomic E-state index is 7.96. The van der Waals surface area contributed by atoms with E-state index in [2.05, 4.69) is 10.3 Å². The van der Waals surface area contributed by atoms with Gasteiger partial charge in [-0.1, -0.05) is 18.2 Å². The van der Waals surface area contributed by atoms with Gasteiger partial charge in [-0.25, -0.2) is 0 Å². The van der Waals surface area contributed by atoms with Crippen molar-refractivity contribution in [2.24, 2.45) is 0 Å². The predicted octanol–water partition coefficient (Wildman–Crippen LogP) is 2.56. The Kier molecular flexibility index (Phi) is 3.35. The number of hydrogen-bond acceptors (Lipinski definition) is 2. The number of pyridine rings is 1. The first-order chi connectivity index (χ1) is 8.27. The van der Waals surface area contributed by atoms with Gasteiger partial charge in [-0.3, -0.25) is 10.4 Å². The third-order valence-electron chi connectivity index (χ3n) is 2.42. The van der Waals surface area contributed by atoms with Gasteiger partial charge in [0.1, 0.15) is 0 Å². The lowest BCUT2D eigenvalue weighted by Crippen LogP contribution is -2.31. The first-order valence-corrected chi connectivity index (χ1v) is 5.32. The largest absolute Gasteiger partial charge is 0.326 e. The Morgan fingerprint density at radius 2 is 1.76 bits per heavy atom. The molecule has 0 aliphatic carbocycles.